The van der Waals surface area contributed by atoms with Crippen LogP contribution in [-0.2, 0) is 13.1 Å². The summed E-state index contributed by atoms with van der Waals surface area (Å²) < 4.78 is 0. The molecule has 3 rings (SSSR count). The Bertz CT molecular complexity index is 622. The largest absolute Gasteiger partial charge is 0.352 e. The molecule has 108 valence electrons. The van der Waals surface area contributed by atoms with E-state index >= 15 is 0 Å². The standard InChI is InChI=1S/C17H20N4/c1-2-11-21-16-15(9-6-10-18-16)13-20-17(21)19-12-14-7-4-3-5-8-14/h3-10H,2,11-13H2,1H3,(H,19,20). The highest BCUT2D eigenvalue weighted by molar-refractivity contribution is 5.97. The highest BCUT2D eigenvalue weighted by atomic mass is 15.3. The minimum atomic E-state index is 0.695. The first kappa shape index (κ1) is 13.6. The number of pyridine rings is 1. The fraction of sp³-hybridized carbons (Fsp3) is 0.294. The number of aromatic nitrogens is 1. The van der Waals surface area contributed by atoms with Crippen LogP contribution in [0.1, 0.15) is 24.5 Å². The second kappa shape index (κ2) is 6.39. The van der Waals surface area contributed by atoms with Gasteiger partial charge in [-0.05, 0) is 18.1 Å². The van der Waals surface area contributed by atoms with E-state index in [-0.39, 0.29) is 0 Å². The molecule has 0 saturated heterocycles. The van der Waals surface area contributed by atoms with Gasteiger partial charge in [0.1, 0.15) is 5.82 Å². The second-order valence-electron chi connectivity index (χ2n) is 5.12. The Labute approximate surface area is 125 Å². The van der Waals surface area contributed by atoms with Crippen molar-refractivity contribution in [3.8, 4) is 0 Å². The maximum atomic E-state index is 4.68. The lowest BCUT2D eigenvalue weighted by atomic mass is 10.2. The maximum Gasteiger partial charge on any atom is 0.200 e. The molecule has 0 bridgehead atoms. The van der Waals surface area contributed by atoms with Crippen LogP contribution in [0.25, 0.3) is 0 Å². The van der Waals surface area contributed by atoms with E-state index in [0.717, 1.165) is 31.3 Å². The van der Waals surface area contributed by atoms with Gasteiger partial charge in [0.2, 0.25) is 0 Å². The predicted octanol–water partition coefficient (Wildman–Crippen LogP) is 2.96. The quantitative estimate of drug-likeness (QED) is 0.936. The average Bonchev–Trinajstić information content (AvgIpc) is 2.55. The molecule has 2 aromatic rings. The van der Waals surface area contributed by atoms with Crippen LogP contribution in [0.2, 0.25) is 0 Å². The van der Waals surface area contributed by atoms with E-state index in [1.165, 1.54) is 11.1 Å². The molecule has 1 aliphatic rings. The molecule has 21 heavy (non-hydrogen) atoms. The zero-order valence-electron chi connectivity index (χ0n) is 12.3. The van der Waals surface area contributed by atoms with E-state index in [9.17, 15) is 0 Å². The van der Waals surface area contributed by atoms with Crippen LogP contribution < -0.4 is 10.2 Å². The third kappa shape index (κ3) is 3.05. The normalized spacial score (nSPS) is 13.6. The van der Waals surface area contributed by atoms with Gasteiger partial charge in [0, 0.05) is 24.8 Å². The second-order valence-corrected chi connectivity index (χ2v) is 5.12. The van der Waals surface area contributed by atoms with Crippen molar-refractivity contribution in [1.29, 1.82) is 0 Å². The lowest BCUT2D eigenvalue weighted by Crippen LogP contribution is -2.44. The third-order valence-electron chi connectivity index (χ3n) is 3.52. The summed E-state index contributed by atoms with van der Waals surface area (Å²) in [5.74, 6) is 1.96. The Hall–Kier alpha value is -2.36. The zero-order chi connectivity index (χ0) is 14.5. The molecule has 4 heteroatoms. The van der Waals surface area contributed by atoms with Gasteiger partial charge < -0.3 is 5.32 Å². The summed E-state index contributed by atoms with van der Waals surface area (Å²) in [5.41, 5.74) is 2.44. The Morgan fingerprint density at radius 2 is 2.00 bits per heavy atom. The number of guanidine groups is 1. The summed E-state index contributed by atoms with van der Waals surface area (Å²) in [5, 5.41) is 3.45. The molecule has 0 spiro atoms. The van der Waals surface area contributed by atoms with Crippen molar-refractivity contribution < 1.29 is 0 Å². The number of nitrogens with zero attached hydrogens (tertiary/aromatic N) is 3. The fourth-order valence-electron chi connectivity index (χ4n) is 2.51. The van der Waals surface area contributed by atoms with Gasteiger partial charge >= 0.3 is 0 Å². The van der Waals surface area contributed by atoms with E-state index in [1.54, 1.807) is 0 Å². The summed E-state index contributed by atoms with van der Waals surface area (Å²) in [4.78, 5) is 11.4. The van der Waals surface area contributed by atoms with Gasteiger partial charge in [0.25, 0.3) is 0 Å². The Balaban J connectivity index is 1.77. The van der Waals surface area contributed by atoms with Crippen molar-refractivity contribution in [3.63, 3.8) is 0 Å². The first-order chi connectivity index (χ1) is 10.4. The monoisotopic (exact) mass is 280 g/mol. The van der Waals surface area contributed by atoms with Gasteiger partial charge in [-0.1, -0.05) is 43.3 Å². The highest BCUT2D eigenvalue weighted by Gasteiger charge is 2.21. The van der Waals surface area contributed by atoms with Gasteiger partial charge in [0.05, 0.1) is 6.54 Å². The number of anilines is 1. The topological polar surface area (TPSA) is 40.5 Å². The molecule has 4 nitrogen and oxygen atoms in total. The first-order valence-corrected chi connectivity index (χ1v) is 7.42. The van der Waals surface area contributed by atoms with E-state index in [2.05, 4.69) is 57.4 Å². The van der Waals surface area contributed by atoms with Gasteiger partial charge in [-0.15, -0.1) is 0 Å². The Morgan fingerprint density at radius 3 is 2.81 bits per heavy atom. The van der Waals surface area contributed by atoms with Crippen molar-refractivity contribution in [2.45, 2.75) is 26.4 Å². The molecule has 1 aliphatic heterocycles. The van der Waals surface area contributed by atoms with Crippen molar-refractivity contribution in [2.75, 3.05) is 11.4 Å². The molecule has 1 N–H and O–H groups in total. The average molecular weight is 280 g/mol. The molecule has 0 atom stereocenters. The molecular formula is C17H20N4. The smallest absolute Gasteiger partial charge is 0.200 e. The Morgan fingerprint density at radius 1 is 1.14 bits per heavy atom. The van der Waals surface area contributed by atoms with Crippen LogP contribution >= 0.6 is 0 Å². The molecule has 0 aliphatic carbocycles. The number of nitrogens with one attached hydrogen (secondary N) is 1. The number of hydrogen-bond donors (Lipinski definition) is 1. The molecule has 2 heterocycles. The SMILES string of the molecule is CCCN1C(NCc2ccccc2)=NCc2cccnc21. The number of benzene rings is 1. The van der Waals surface area contributed by atoms with Gasteiger partial charge in [-0.25, -0.2) is 9.98 Å². The van der Waals surface area contributed by atoms with E-state index < -0.39 is 0 Å². The number of fused-ring (bicyclic) bond motifs is 1. The molecule has 0 unspecified atom stereocenters. The zero-order valence-corrected chi connectivity index (χ0v) is 12.3. The number of rotatable bonds is 4. The summed E-state index contributed by atoms with van der Waals surface area (Å²) in [6.07, 6.45) is 2.91. The fourth-order valence-corrected chi connectivity index (χ4v) is 2.51. The molecular weight excluding hydrogens is 260 g/mol. The summed E-state index contributed by atoms with van der Waals surface area (Å²) >= 11 is 0. The van der Waals surface area contributed by atoms with Crippen LogP contribution in [0, 0.1) is 0 Å². The molecule has 0 amide bonds. The van der Waals surface area contributed by atoms with Crippen molar-refractivity contribution >= 4 is 11.8 Å². The van der Waals surface area contributed by atoms with E-state index in [1.807, 2.05) is 18.3 Å². The minimum Gasteiger partial charge on any atom is -0.352 e. The summed E-state index contributed by atoms with van der Waals surface area (Å²) in [6.45, 7) is 4.57. The van der Waals surface area contributed by atoms with Crippen LogP contribution in [0.4, 0.5) is 5.82 Å². The number of hydrogen-bond acceptors (Lipinski definition) is 4. The minimum absolute atomic E-state index is 0.695. The molecule has 0 fully saturated rings. The van der Waals surface area contributed by atoms with Gasteiger partial charge in [-0.3, -0.25) is 4.90 Å². The van der Waals surface area contributed by atoms with E-state index in [0.29, 0.717) is 6.54 Å². The lowest BCUT2D eigenvalue weighted by molar-refractivity contribution is 0.790. The highest BCUT2D eigenvalue weighted by Crippen LogP contribution is 2.22. The first-order valence-electron chi connectivity index (χ1n) is 7.42. The molecule has 0 saturated carbocycles. The maximum absolute atomic E-state index is 4.68. The van der Waals surface area contributed by atoms with Crippen LogP contribution in [-0.4, -0.2) is 17.5 Å². The van der Waals surface area contributed by atoms with Crippen molar-refractivity contribution in [2.24, 2.45) is 4.99 Å². The van der Waals surface area contributed by atoms with Crippen molar-refractivity contribution in [3.05, 3.63) is 59.8 Å². The van der Waals surface area contributed by atoms with Gasteiger partial charge in [0.15, 0.2) is 5.96 Å². The van der Waals surface area contributed by atoms with Crippen LogP contribution in [0.3, 0.4) is 0 Å². The molecule has 1 aromatic carbocycles. The van der Waals surface area contributed by atoms with Gasteiger partial charge in [-0.2, -0.15) is 0 Å². The summed E-state index contributed by atoms with van der Waals surface area (Å²) in [7, 11) is 0. The Kier molecular flexibility index (Phi) is 4.15. The summed E-state index contributed by atoms with van der Waals surface area (Å²) in [6, 6.07) is 14.5. The van der Waals surface area contributed by atoms with Crippen LogP contribution in [0.5, 0.6) is 0 Å². The number of aliphatic imine (C=N–C) groups is 1. The van der Waals surface area contributed by atoms with Crippen LogP contribution in [0.15, 0.2) is 53.7 Å². The predicted molar refractivity (Wildman–Crippen MR) is 86.3 cm³/mol. The molecule has 0 radical (unpaired) electrons. The van der Waals surface area contributed by atoms with Crippen molar-refractivity contribution in [1.82, 2.24) is 10.3 Å². The third-order valence-corrected chi connectivity index (χ3v) is 3.52. The molecule has 1 aromatic heterocycles. The van der Waals surface area contributed by atoms with E-state index in [4.69, 9.17) is 0 Å². The lowest BCUT2D eigenvalue weighted by Gasteiger charge is -2.30.